The Morgan fingerprint density at radius 1 is 1.19 bits per heavy atom. The van der Waals surface area contributed by atoms with Crippen LogP contribution in [0, 0.1) is 19.8 Å². The highest BCUT2D eigenvalue weighted by atomic mass is 16.2. The number of imide groups is 1. The quantitative estimate of drug-likeness (QED) is 0.780. The Hall–Kier alpha value is -2.50. The van der Waals surface area contributed by atoms with Gasteiger partial charge in [0.2, 0.25) is 5.91 Å². The number of nitrogens with zero attached hydrogens (tertiary/aromatic N) is 3. The van der Waals surface area contributed by atoms with Gasteiger partial charge in [0.25, 0.3) is 11.5 Å². The Labute approximate surface area is 159 Å². The van der Waals surface area contributed by atoms with Gasteiger partial charge in [-0.25, -0.2) is 4.98 Å². The molecule has 0 saturated carbocycles. The van der Waals surface area contributed by atoms with Crippen molar-refractivity contribution in [3.05, 3.63) is 39.4 Å². The fraction of sp³-hybridized carbons (Fsp3) is 0.524. The number of carbonyl (C=O) groups excluding carboxylic acids is 2. The molecule has 6 nitrogen and oxygen atoms in total. The molecule has 27 heavy (non-hydrogen) atoms. The average Bonchev–Trinajstić information content (AvgIpc) is 2.58. The predicted octanol–water partition coefficient (Wildman–Crippen LogP) is 2.71. The first-order valence-corrected chi connectivity index (χ1v) is 9.40. The van der Waals surface area contributed by atoms with E-state index in [-0.39, 0.29) is 23.8 Å². The van der Waals surface area contributed by atoms with Gasteiger partial charge in [0.05, 0.1) is 10.9 Å². The molecular formula is C21H27N3O3. The molecule has 2 heterocycles. The van der Waals surface area contributed by atoms with E-state index >= 15 is 0 Å². The summed E-state index contributed by atoms with van der Waals surface area (Å²) >= 11 is 0. The SMILES string of the molecule is Cc1cc2nc(C)n(C3(C)CCC(=O)N(C)C3=O)c(=O)c2cc1CC(C)C. The van der Waals surface area contributed by atoms with E-state index in [1.54, 1.807) is 13.8 Å². The molecule has 1 unspecified atom stereocenters. The third-order valence-corrected chi connectivity index (χ3v) is 5.58. The lowest BCUT2D eigenvalue weighted by molar-refractivity contribution is -0.154. The number of amides is 2. The van der Waals surface area contributed by atoms with Crippen LogP contribution in [0.3, 0.4) is 0 Å². The second-order valence-electron chi connectivity index (χ2n) is 8.23. The van der Waals surface area contributed by atoms with Crippen molar-refractivity contribution in [2.75, 3.05) is 7.05 Å². The number of benzene rings is 1. The van der Waals surface area contributed by atoms with E-state index in [1.165, 1.54) is 11.6 Å². The highest BCUT2D eigenvalue weighted by Gasteiger charge is 2.45. The molecule has 3 rings (SSSR count). The Bertz CT molecular complexity index is 1010. The molecule has 0 N–H and O–H groups in total. The number of carbonyl (C=O) groups is 2. The van der Waals surface area contributed by atoms with Crippen molar-refractivity contribution in [3.63, 3.8) is 0 Å². The number of hydrogen-bond donors (Lipinski definition) is 0. The first kappa shape index (κ1) is 19.3. The van der Waals surface area contributed by atoms with Gasteiger partial charge in [0.15, 0.2) is 0 Å². The molecule has 1 saturated heterocycles. The number of aryl methyl sites for hydroxylation is 2. The van der Waals surface area contributed by atoms with Crippen molar-refractivity contribution >= 4 is 22.7 Å². The summed E-state index contributed by atoms with van der Waals surface area (Å²) in [5, 5.41) is 0.524. The summed E-state index contributed by atoms with van der Waals surface area (Å²) in [4.78, 5) is 43.9. The normalized spacial score (nSPS) is 20.8. The van der Waals surface area contributed by atoms with Crippen LogP contribution in [0.4, 0.5) is 0 Å². The Morgan fingerprint density at radius 3 is 2.48 bits per heavy atom. The Morgan fingerprint density at radius 2 is 1.85 bits per heavy atom. The van der Waals surface area contributed by atoms with Crippen LogP contribution >= 0.6 is 0 Å². The van der Waals surface area contributed by atoms with Gasteiger partial charge in [-0.15, -0.1) is 0 Å². The Balaban J connectivity index is 2.25. The molecule has 0 radical (unpaired) electrons. The van der Waals surface area contributed by atoms with E-state index in [4.69, 9.17) is 0 Å². The third kappa shape index (κ3) is 3.07. The number of hydrogen-bond acceptors (Lipinski definition) is 4. The number of likely N-dealkylation sites (tertiary alicyclic amines) is 1. The standard InChI is InChI=1S/C21H27N3O3/c1-12(2)9-15-11-16-17(10-13(15)3)22-14(4)24(19(16)26)21(5)8-7-18(25)23(6)20(21)27/h10-12H,7-9H2,1-6H3. The number of likely N-dealkylation sites (N-methyl/N-ethyl adjacent to an activating group) is 1. The zero-order valence-corrected chi connectivity index (χ0v) is 16.9. The van der Waals surface area contributed by atoms with Crippen molar-refractivity contribution in [2.24, 2.45) is 5.92 Å². The number of piperidine rings is 1. The number of aromatic nitrogens is 2. The first-order chi connectivity index (χ1) is 12.6. The molecule has 1 aliphatic heterocycles. The van der Waals surface area contributed by atoms with Crippen LogP contribution in [0.25, 0.3) is 10.9 Å². The molecule has 0 spiro atoms. The van der Waals surface area contributed by atoms with E-state index in [9.17, 15) is 14.4 Å². The molecule has 0 bridgehead atoms. The van der Waals surface area contributed by atoms with Gasteiger partial charge in [-0.05, 0) is 62.8 Å². The molecule has 2 aromatic rings. The van der Waals surface area contributed by atoms with E-state index in [0.717, 1.165) is 22.4 Å². The molecule has 1 aromatic carbocycles. The van der Waals surface area contributed by atoms with Gasteiger partial charge in [0.1, 0.15) is 11.4 Å². The summed E-state index contributed by atoms with van der Waals surface area (Å²) in [6.07, 6.45) is 1.41. The van der Waals surface area contributed by atoms with E-state index in [0.29, 0.717) is 29.1 Å². The van der Waals surface area contributed by atoms with Crippen molar-refractivity contribution < 1.29 is 9.59 Å². The fourth-order valence-electron chi connectivity index (χ4n) is 4.04. The first-order valence-electron chi connectivity index (χ1n) is 9.40. The highest BCUT2D eigenvalue weighted by molar-refractivity contribution is 6.01. The van der Waals surface area contributed by atoms with Gasteiger partial charge in [-0.3, -0.25) is 23.9 Å². The topological polar surface area (TPSA) is 72.3 Å². The maximum Gasteiger partial charge on any atom is 0.262 e. The lowest BCUT2D eigenvalue weighted by Gasteiger charge is -2.38. The molecule has 1 atom stereocenters. The summed E-state index contributed by atoms with van der Waals surface area (Å²) in [6, 6.07) is 3.87. The molecule has 1 fully saturated rings. The molecule has 0 aliphatic carbocycles. The largest absolute Gasteiger partial charge is 0.284 e. The zero-order chi connectivity index (χ0) is 20.1. The van der Waals surface area contributed by atoms with Crippen LogP contribution < -0.4 is 5.56 Å². The lowest BCUT2D eigenvalue weighted by atomic mass is 9.89. The van der Waals surface area contributed by atoms with Gasteiger partial charge in [-0.2, -0.15) is 0 Å². The van der Waals surface area contributed by atoms with Gasteiger partial charge >= 0.3 is 0 Å². The minimum atomic E-state index is -1.10. The maximum absolute atomic E-state index is 13.4. The fourth-order valence-corrected chi connectivity index (χ4v) is 4.04. The number of fused-ring (bicyclic) bond motifs is 1. The highest BCUT2D eigenvalue weighted by Crippen LogP contribution is 2.30. The number of rotatable bonds is 3. The summed E-state index contributed by atoms with van der Waals surface area (Å²) in [5.74, 6) is 0.382. The van der Waals surface area contributed by atoms with Crippen LogP contribution in [-0.2, 0) is 21.5 Å². The van der Waals surface area contributed by atoms with Gasteiger partial charge in [0, 0.05) is 13.5 Å². The lowest BCUT2D eigenvalue weighted by Crippen LogP contribution is -2.57. The molecular weight excluding hydrogens is 342 g/mol. The van der Waals surface area contributed by atoms with Crippen LogP contribution in [0.15, 0.2) is 16.9 Å². The van der Waals surface area contributed by atoms with Crippen LogP contribution in [0.2, 0.25) is 0 Å². The van der Waals surface area contributed by atoms with Gasteiger partial charge in [-0.1, -0.05) is 13.8 Å². The predicted molar refractivity (Wildman–Crippen MR) is 105 cm³/mol. The second-order valence-corrected chi connectivity index (χ2v) is 8.23. The molecule has 2 amide bonds. The maximum atomic E-state index is 13.4. The summed E-state index contributed by atoms with van der Waals surface area (Å²) in [6.45, 7) is 9.79. The summed E-state index contributed by atoms with van der Waals surface area (Å²) < 4.78 is 1.48. The minimum absolute atomic E-state index is 0.216. The minimum Gasteiger partial charge on any atom is -0.284 e. The monoisotopic (exact) mass is 369 g/mol. The van der Waals surface area contributed by atoms with Crippen LogP contribution in [-0.4, -0.2) is 33.3 Å². The average molecular weight is 369 g/mol. The third-order valence-electron chi connectivity index (χ3n) is 5.58. The summed E-state index contributed by atoms with van der Waals surface area (Å²) in [5.41, 5.74) is 1.56. The van der Waals surface area contributed by atoms with E-state index in [2.05, 4.69) is 18.8 Å². The second kappa shape index (κ2) is 6.59. The van der Waals surface area contributed by atoms with Gasteiger partial charge < -0.3 is 0 Å². The summed E-state index contributed by atoms with van der Waals surface area (Å²) in [7, 11) is 1.47. The van der Waals surface area contributed by atoms with E-state index in [1.807, 2.05) is 19.1 Å². The van der Waals surface area contributed by atoms with E-state index < -0.39 is 5.54 Å². The molecule has 6 heteroatoms. The molecule has 144 valence electrons. The van der Waals surface area contributed by atoms with Crippen LogP contribution in [0.5, 0.6) is 0 Å². The van der Waals surface area contributed by atoms with Crippen molar-refractivity contribution in [2.45, 2.75) is 59.4 Å². The zero-order valence-electron chi connectivity index (χ0n) is 16.9. The van der Waals surface area contributed by atoms with Crippen molar-refractivity contribution in [1.29, 1.82) is 0 Å². The van der Waals surface area contributed by atoms with Crippen LogP contribution in [0.1, 0.15) is 50.6 Å². The molecule has 1 aliphatic rings. The van der Waals surface area contributed by atoms with Crippen molar-refractivity contribution in [1.82, 2.24) is 14.5 Å². The molecule has 1 aromatic heterocycles. The smallest absolute Gasteiger partial charge is 0.262 e. The van der Waals surface area contributed by atoms with Crippen molar-refractivity contribution in [3.8, 4) is 0 Å². The Kier molecular flexibility index (Phi) is 4.70.